The maximum absolute atomic E-state index is 11.8. The fourth-order valence-corrected chi connectivity index (χ4v) is 2.00. The van der Waals surface area contributed by atoms with Crippen LogP contribution in [0.2, 0.25) is 5.02 Å². The minimum atomic E-state index is -0.176. The van der Waals surface area contributed by atoms with Crippen LogP contribution in [-0.2, 0) is 6.42 Å². The Kier molecular flexibility index (Phi) is 6.15. The molecule has 0 saturated carbocycles. The van der Waals surface area contributed by atoms with E-state index in [1.807, 2.05) is 31.2 Å². The van der Waals surface area contributed by atoms with Crippen LogP contribution in [0.4, 0.5) is 5.95 Å². The molecule has 2 N–H and O–H groups in total. The molecule has 0 aliphatic carbocycles. The van der Waals surface area contributed by atoms with Crippen molar-refractivity contribution in [1.82, 2.24) is 15.3 Å². The van der Waals surface area contributed by atoms with Crippen molar-refractivity contribution >= 4 is 23.5 Å². The monoisotopic (exact) mass is 318 g/mol. The van der Waals surface area contributed by atoms with E-state index in [-0.39, 0.29) is 5.91 Å². The molecule has 0 aliphatic heterocycles. The third kappa shape index (κ3) is 5.00. The summed E-state index contributed by atoms with van der Waals surface area (Å²) in [5.41, 5.74) is 1.55. The number of rotatable bonds is 7. The average molecular weight is 319 g/mol. The predicted molar refractivity (Wildman–Crippen MR) is 88.3 cm³/mol. The highest BCUT2D eigenvalue weighted by molar-refractivity contribution is 6.30. The first kappa shape index (κ1) is 16.2. The molecule has 0 atom stereocenters. The Morgan fingerprint density at radius 1 is 1.18 bits per heavy atom. The molecule has 2 aromatic rings. The van der Waals surface area contributed by atoms with Crippen LogP contribution in [0, 0.1) is 0 Å². The van der Waals surface area contributed by atoms with E-state index in [4.69, 9.17) is 11.6 Å². The molecule has 2 rings (SSSR count). The van der Waals surface area contributed by atoms with Crippen LogP contribution in [0.25, 0.3) is 0 Å². The summed E-state index contributed by atoms with van der Waals surface area (Å²) in [4.78, 5) is 20.2. The average Bonchev–Trinajstić information content (AvgIpc) is 2.55. The van der Waals surface area contributed by atoms with E-state index in [1.54, 1.807) is 12.3 Å². The van der Waals surface area contributed by atoms with Gasteiger partial charge in [-0.25, -0.2) is 9.97 Å². The molecule has 0 unspecified atom stereocenters. The lowest BCUT2D eigenvalue weighted by atomic mass is 10.1. The number of hydrogen-bond donors (Lipinski definition) is 2. The Morgan fingerprint density at radius 2 is 1.95 bits per heavy atom. The van der Waals surface area contributed by atoms with Crippen molar-refractivity contribution < 1.29 is 4.79 Å². The summed E-state index contributed by atoms with van der Waals surface area (Å²) in [5.74, 6) is 0.281. The van der Waals surface area contributed by atoms with E-state index < -0.39 is 0 Å². The van der Waals surface area contributed by atoms with Crippen LogP contribution in [0.15, 0.2) is 36.5 Å². The number of carbonyl (C=O) groups is 1. The van der Waals surface area contributed by atoms with Gasteiger partial charge in [0.25, 0.3) is 5.91 Å². The Balaban J connectivity index is 1.87. The Bertz CT molecular complexity index is 616. The van der Waals surface area contributed by atoms with Crippen molar-refractivity contribution in [2.75, 3.05) is 18.4 Å². The molecule has 22 heavy (non-hydrogen) atoms. The van der Waals surface area contributed by atoms with Crippen LogP contribution in [0.5, 0.6) is 0 Å². The number of aromatic nitrogens is 2. The molecule has 0 fully saturated rings. The van der Waals surface area contributed by atoms with Crippen LogP contribution >= 0.6 is 11.6 Å². The zero-order valence-corrected chi connectivity index (χ0v) is 13.2. The summed E-state index contributed by atoms with van der Waals surface area (Å²) in [6, 6.07) is 9.31. The highest BCUT2D eigenvalue weighted by Gasteiger charge is 2.07. The van der Waals surface area contributed by atoms with Gasteiger partial charge < -0.3 is 10.6 Å². The largest absolute Gasteiger partial charge is 0.354 e. The van der Waals surface area contributed by atoms with Gasteiger partial charge in [-0.2, -0.15) is 0 Å². The van der Waals surface area contributed by atoms with Crippen molar-refractivity contribution in [2.45, 2.75) is 19.8 Å². The topological polar surface area (TPSA) is 66.9 Å². The van der Waals surface area contributed by atoms with Crippen LogP contribution in [0.3, 0.4) is 0 Å². The first-order chi connectivity index (χ1) is 10.7. The lowest BCUT2D eigenvalue weighted by Gasteiger charge is -2.07. The Labute approximate surface area is 135 Å². The maximum atomic E-state index is 11.8. The van der Waals surface area contributed by atoms with Gasteiger partial charge in [-0.15, -0.1) is 0 Å². The lowest BCUT2D eigenvalue weighted by Crippen LogP contribution is -2.25. The summed E-state index contributed by atoms with van der Waals surface area (Å²) in [6.07, 6.45) is 3.30. The van der Waals surface area contributed by atoms with Gasteiger partial charge >= 0.3 is 0 Å². The standard InChI is InChI=1S/C16H19ClN4O/c1-2-9-18-15(22)14-8-11-20-16(21-14)19-10-7-12-3-5-13(17)6-4-12/h3-6,8,11H,2,7,9-10H2,1H3,(H,18,22)(H,19,20,21). The minimum absolute atomic E-state index is 0.176. The van der Waals surface area contributed by atoms with E-state index in [0.29, 0.717) is 24.7 Å². The van der Waals surface area contributed by atoms with Gasteiger partial charge in [0.05, 0.1) is 0 Å². The number of carbonyl (C=O) groups excluding carboxylic acids is 1. The molecule has 1 aromatic carbocycles. The molecule has 0 spiro atoms. The van der Waals surface area contributed by atoms with Gasteiger partial charge in [0.1, 0.15) is 5.69 Å². The van der Waals surface area contributed by atoms with Crippen LogP contribution < -0.4 is 10.6 Å². The number of nitrogens with one attached hydrogen (secondary N) is 2. The van der Waals surface area contributed by atoms with E-state index in [1.165, 1.54) is 5.56 Å². The van der Waals surface area contributed by atoms with Gasteiger partial charge in [0, 0.05) is 24.3 Å². The van der Waals surface area contributed by atoms with E-state index in [0.717, 1.165) is 17.9 Å². The van der Waals surface area contributed by atoms with Crippen molar-refractivity contribution in [3.8, 4) is 0 Å². The number of amides is 1. The second kappa shape index (κ2) is 8.34. The summed E-state index contributed by atoms with van der Waals surface area (Å²) < 4.78 is 0. The zero-order valence-electron chi connectivity index (χ0n) is 12.5. The number of benzene rings is 1. The first-order valence-corrected chi connectivity index (χ1v) is 7.66. The molecule has 116 valence electrons. The fourth-order valence-electron chi connectivity index (χ4n) is 1.87. The van der Waals surface area contributed by atoms with Crippen molar-refractivity contribution in [3.63, 3.8) is 0 Å². The smallest absolute Gasteiger partial charge is 0.270 e. The van der Waals surface area contributed by atoms with E-state index in [9.17, 15) is 4.79 Å². The van der Waals surface area contributed by atoms with Crippen molar-refractivity contribution in [1.29, 1.82) is 0 Å². The second-order valence-corrected chi connectivity index (χ2v) is 5.26. The molecule has 0 aliphatic rings. The van der Waals surface area contributed by atoms with Gasteiger partial charge in [-0.1, -0.05) is 30.7 Å². The third-order valence-corrected chi connectivity index (χ3v) is 3.29. The van der Waals surface area contributed by atoms with Crippen molar-refractivity contribution in [3.05, 3.63) is 52.8 Å². The summed E-state index contributed by atoms with van der Waals surface area (Å²) in [7, 11) is 0. The fraction of sp³-hybridized carbons (Fsp3) is 0.312. The van der Waals surface area contributed by atoms with Gasteiger partial charge in [0.2, 0.25) is 5.95 Å². The number of halogens is 1. The third-order valence-electron chi connectivity index (χ3n) is 3.03. The maximum Gasteiger partial charge on any atom is 0.270 e. The summed E-state index contributed by atoms with van der Waals surface area (Å²) in [6.45, 7) is 3.33. The number of anilines is 1. The lowest BCUT2D eigenvalue weighted by molar-refractivity contribution is 0.0948. The number of hydrogen-bond acceptors (Lipinski definition) is 4. The van der Waals surface area contributed by atoms with Crippen LogP contribution in [0.1, 0.15) is 29.4 Å². The van der Waals surface area contributed by atoms with E-state index >= 15 is 0 Å². The SMILES string of the molecule is CCCNC(=O)c1ccnc(NCCc2ccc(Cl)cc2)n1. The molecular formula is C16H19ClN4O. The molecule has 1 amide bonds. The highest BCUT2D eigenvalue weighted by atomic mass is 35.5. The molecule has 5 nitrogen and oxygen atoms in total. The quantitative estimate of drug-likeness (QED) is 0.823. The first-order valence-electron chi connectivity index (χ1n) is 7.28. The zero-order chi connectivity index (χ0) is 15.8. The Hall–Kier alpha value is -2.14. The second-order valence-electron chi connectivity index (χ2n) is 4.82. The molecule has 6 heteroatoms. The van der Waals surface area contributed by atoms with Crippen LogP contribution in [-0.4, -0.2) is 29.0 Å². The Morgan fingerprint density at radius 3 is 2.68 bits per heavy atom. The highest BCUT2D eigenvalue weighted by Crippen LogP contribution is 2.10. The molecular weight excluding hydrogens is 300 g/mol. The predicted octanol–water partition coefficient (Wildman–Crippen LogP) is 2.92. The molecule has 1 aromatic heterocycles. The van der Waals surface area contributed by atoms with Gasteiger partial charge in [-0.05, 0) is 36.6 Å². The van der Waals surface area contributed by atoms with Gasteiger partial charge in [0.15, 0.2) is 0 Å². The molecule has 0 bridgehead atoms. The minimum Gasteiger partial charge on any atom is -0.354 e. The number of nitrogens with zero attached hydrogens (tertiary/aromatic N) is 2. The normalized spacial score (nSPS) is 10.3. The van der Waals surface area contributed by atoms with Gasteiger partial charge in [-0.3, -0.25) is 4.79 Å². The van der Waals surface area contributed by atoms with E-state index in [2.05, 4.69) is 20.6 Å². The molecule has 0 radical (unpaired) electrons. The summed E-state index contributed by atoms with van der Waals surface area (Å²) >= 11 is 5.85. The summed E-state index contributed by atoms with van der Waals surface area (Å²) in [5, 5.41) is 6.65. The van der Waals surface area contributed by atoms with Crippen molar-refractivity contribution in [2.24, 2.45) is 0 Å². The molecule has 1 heterocycles. The molecule has 0 saturated heterocycles.